The molecule has 0 aromatic heterocycles. The Kier molecular flexibility index (Phi) is 4.15. The molecule has 0 radical (unpaired) electrons. The molecule has 4 nitrogen and oxygen atoms in total. The highest BCUT2D eigenvalue weighted by molar-refractivity contribution is 5.98. The third kappa shape index (κ3) is 3.11. The number of hydrogen-bond donors (Lipinski definition) is 1. The lowest BCUT2D eigenvalue weighted by molar-refractivity contribution is 0.144. The lowest BCUT2D eigenvalue weighted by Crippen LogP contribution is -2.04. The van der Waals surface area contributed by atoms with Gasteiger partial charge in [0.25, 0.3) is 0 Å². The van der Waals surface area contributed by atoms with Gasteiger partial charge in [-0.15, -0.1) is 0 Å². The van der Waals surface area contributed by atoms with Crippen LogP contribution in [-0.2, 0) is 0 Å². The number of hydrogen-bond acceptors (Lipinski definition) is 3. The minimum atomic E-state index is -1.34. The van der Waals surface area contributed by atoms with E-state index in [1.165, 1.54) is 0 Å². The number of ether oxygens (including phenoxy) is 2. The monoisotopic (exact) mass is 308 g/mol. The van der Waals surface area contributed by atoms with Crippen LogP contribution in [0.5, 0.6) is 11.5 Å². The van der Waals surface area contributed by atoms with Gasteiger partial charge in [0.2, 0.25) is 0 Å². The molecule has 0 aliphatic heterocycles. The minimum Gasteiger partial charge on any atom is -0.494 e. The second-order valence-corrected chi connectivity index (χ2v) is 4.99. The largest absolute Gasteiger partial charge is 0.511 e. The third-order valence-electron chi connectivity index (χ3n) is 3.54. The van der Waals surface area contributed by atoms with Crippen molar-refractivity contribution in [2.45, 2.75) is 6.92 Å². The fraction of sp³-hybridized carbons (Fsp3) is 0.105. The molecular formula is C19H16O4. The van der Waals surface area contributed by atoms with E-state index >= 15 is 0 Å². The predicted octanol–water partition coefficient (Wildman–Crippen LogP) is 4.96. The van der Waals surface area contributed by atoms with Gasteiger partial charge >= 0.3 is 6.16 Å². The first-order chi connectivity index (χ1) is 11.2. The van der Waals surface area contributed by atoms with Crippen LogP contribution >= 0.6 is 0 Å². The normalized spacial score (nSPS) is 10.5. The Bertz CT molecular complexity index is 850. The lowest BCUT2D eigenvalue weighted by Gasteiger charge is -2.13. The van der Waals surface area contributed by atoms with E-state index in [-0.39, 0.29) is 5.75 Å². The molecule has 4 heteroatoms. The summed E-state index contributed by atoms with van der Waals surface area (Å²) in [6.45, 7) is 2.44. The summed E-state index contributed by atoms with van der Waals surface area (Å²) in [5.41, 5.74) is 1.59. The summed E-state index contributed by atoms with van der Waals surface area (Å²) in [5, 5.41) is 11.1. The first kappa shape index (κ1) is 14.9. The molecule has 3 aromatic carbocycles. The molecule has 0 atom stereocenters. The van der Waals surface area contributed by atoms with Crippen molar-refractivity contribution in [1.29, 1.82) is 0 Å². The van der Waals surface area contributed by atoms with E-state index in [2.05, 4.69) is 0 Å². The summed E-state index contributed by atoms with van der Waals surface area (Å²) in [6.07, 6.45) is -1.34. The van der Waals surface area contributed by atoms with Crippen LogP contribution < -0.4 is 9.47 Å². The van der Waals surface area contributed by atoms with Crippen molar-refractivity contribution in [3.8, 4) is 22.6 Å². The van der Waals surface area contributed by atoms with Crippen LogP contribution in [0.1, 0.15) is 6.92 Å². The fourth-order valence-electron chi connectivity index (χ4n) is 2.62. The maximum Gasteiger partial charge on any atom is 0.511 e. The Morgan fingerprint density at radius 2 is 1.78 bits per heavy atom. The first-order valence-corrected chi connectivity index (χ1v) is 7.35. The standard InChI is InChI=1S/C19H16O4/c1-2-22-14-10-11-18(23-19(20)21)17(12-14)16-9-5-7-13-6-3-4-8-15(13)16/h3-12H,2H2,1H3,(H,20,21). The van der Waals surface area contributed by atoms with Gasteiger partial charge in [-0.05, 0) is 41.5 Å². The van der Waals surface area contributed by atoms with Crippen LogP contribution in [0.3, 0.4) is 0 Å². The third-order valence-corrected chi connectivity index (χ3v) is 3.54. The Balaban J connectivity index is 2.22. The van der Waals surface area contributed by atoms with Gasteiger partial charge < -0.3 is 14.6 Å². The summed E-state index contributed by atoms with van der Waals surface area (Å²) in [7, 11) is 0. The SMILES string of the molecule is CCOc1ccc(OC(=O)O)c(-c2cccc3ccccc23)c1. The van der Waals surface area contributed by atoms with Crippen LogP contribution in [0.2, 0.25) is 0 Å². The highest BCUT2D eigenvalue weighted by Crippen LogP contribution is 2.37. The zero-order valence-electron chi connectivity index (χ0n) is 12.7. The summed E-state index contributed by atoms with van der Waals surface area (Å²) in [4.78, 5) is 11.0. The van der Waals surface area contributed by atoms with E-state index in [1.807, 2.05) is 55.5 Å². The van der Waals surface area contributed by atoms with Gasteiger partial charge in [0.1, 0.15) is 11.5 Å². The Morgan fingerprint density at radius 1 is 1.00 bits per heavy atom. The highest BCUT2D eigenvalue weighted by atomic mass is 16.7. The van der Waals surface area contributed by atoms with Crippen LogP contribution in [-0.4, -0.2) is 17.9 Å². The Morgan fingerprint density at radius 3 is 2.57 bits per heavy atom. The molecule has 23 heavy (non-hydrogen) atoms. The average Bonchev–Trinajstić information content (AvgIpc) is 2.55. The second-order valence-electron chi connectivity index (χ2n) is 4.99. The quantitative estimate of drug-likeness (QED) is 0.546. The molecule has 0 bridgehead atoms. The molecule has 3 rings (SSSR count). The molecule has 0 heterocycles. The molecule has 0 fully saturated rings. The minimum absolute atomic E-state index is 0.289. The lowest BCUT2D eigenvalue weighted by atomic mass is 9.97. The van der Waals surface area contributed by atoms with E-state index in [1.54, 1.807) is 12.1 Å². The fourth-order valence-corrected chi connectivity index (χ4v) is 2.62. The van der Waals surface area contributed by atoms with E-state index in [4.69, 9.17) is 14.6 Å². The molecule has 0 amide bonds. The van der Waals surface area contributed by atoms with Gasteiger partial charge in [-0.3, -0.25) is 0 Å². The van der Waals surface area contributed by atoms with Crippen LogP contribution in [0.15, 0.2) is 60.7 Å². The highest BCUT2D eigenvalue weighted by Gasteiger charge is 2.13. The number of carboxylic acid groups (broad SMARTS) is 1. The van der Waals surface area contributed by atoms with Crippen LogP contribution in [0.25, 0.3) is 21.9 Å². The van der Waals surface area contributed by atoms with Crippen LogP contribution in [0.4, 0.5) is 4.79 Å². The molecule has 0 saturated heterocycles. The molecule has 0 aliphatic rings. The van der Waals surface area contributed by atoms with E-state index in [0.29, 0.717) is 17.9 Å². The van der Waals surface area contributed by atoms with Crippen molar-refractivity contribution in [2.75, 3.05) is 6.61 Å². The van der Waals surface area contributed by atoms with Crippen molar-refractivity contribution >= 4 is 16.9 Å². The van der Waals surface area contributed by atoms with Gasteiger partial charge in [-0.2, -0.15) is 0 Å². The zero-order valence-corrected chi connectivity index (χ0v) is 12.7. The summed E-state index contributed by atoms with van der Waals surface area (Å²) >= 11 is 0. The average molecular weight is 308 g/mol. The molecule has 116 valence electrons. The number of carbonyl (C=O) groups is 1. The van der Waals surface area contributed by atoms with Crippen molar-refractivity contribution < 1.29 is 19.4 Å². The van der Waals surface area contributed by atoms with Gasteiger partial charge in [0.15, 0.2) is 0 Å². The maximum absolute atomic E-state index is 11.0. The van der Waals surface area contributed by atoms with Crippen molar-refractivity contribution in [2.24, 2.45) is 0 Å². The predicted molar refractivity (Wildman–Crippen MR) is 89.2 cm³/mol. The second kappa shape index (κ2) is 6.40. The number of benzene rings is 3. The van der Waals surface area contributed by atoms with Gasteiger partial charge in [0.05, 0.1) is 6.61 Å². The molecule has 1 N–H and O–H groups in total. The molecule has 0 spiro atoms. The zero-order chi connectivity index (χ0) is 16.2. The molecule has 0 saturated carbocycles. The maximum atomic E-state index is 11.0. The van der Waals surface area contributed by atoms with Gasteiger partial charge in [-0.1, -0.05) is 42.5 Å². The van der Waals surface area contributed by atoms with E-state index in [0.717, 1.165) is 16.3 Å². The first-order valence-electron chi connectivity index (χ1n) is 7.35. The van der Waals surface area contributed by atoms with Crippen molar-refractivity contribution in [1.82, 2.24) is 0 Å². The van der Waals surface area contributed by atoms with Crippen molar-refractivity contribution in [3.05, 3.63) is 60.7 Å². The molecular weight excluding hydrogens is 292 g/mol. The molecule has 0 aliphatic carbocycles. The molecule has 3 aromatic rings. The Hall–Kier alpha value is -3.01. The number of fused-ring (bicyclic) bond motifs is 1. The van der Waals surface area contributed by atoms with Crippen molar-refractivity contribution in [3.63, 3.8) is 0 Å². The summed E-state index contributed by atoms with van der Waals surface area (Å²) in [5.74, 6) is 0.963. The molecule has 0 unspecified atom stereocenters. The summed E-state index contributed by atoms with van der Waals surface area (Å²) in [6, 6.07) is 19.0. The summed E-state index contributed by atoms with van der Waals surface area (Å²) < 4.78 is 10.5. The van der Waals surface area contributed by atoms with Gasteiger partial charge in [0, 0.05) is 5.56 Å². The van der Waals surface area contributed by atoms with E-state index < -0.39 is 6.16 Å². The van der Waals surface area contributed by atoms with E-state index in [9.17, 15) is 4.79 Å². The van der Waals surface area contributed by atoms with Gasteiger partial charge in [-0.25, -0.2) is 4.79 Å². The Labute approximate surface area is 133 Å². The smallest absolute Gasteiger partial charge is 0.494 e. The topological polar surface area (TPSA) is 55.8 Å². The van der Waals surface area contributed by atoms with Crippen LogP contribution in [0, 0.1) is 0 Å². The number of rotatable bonds is 4.